The maximum atomic E-state index is 10.3. The van der Waals surface area contributed by atoms with E-state index in [4.69, 9.17) is 21.4 Å². The van der Waals surface area contributed by atoms with E-state index in [1.165, 1.54) is 0 Å². The Kier molecular flexibility index (Phi) is 3.54. The number of hydrogen-bond donors (Lipinski definition) is 1. The zero-order valence-corrected chi connectivity index (χ0v) is 8.28. The number of halogens is 1. The molecule has 74 valence electrons. The lowest BCUT2D eigenvalue weighted by Gasteiger charge is -2.01. The SMILES string of the molecule is COc1ccc(/C(Cl)=C\C(=O)O)cc1. The minimum atomic E-state index is -1.06. The van der Waals surface area contributed by atoms with Crippen molar-refractivity contribution in [3.8, 4) is 5.75 Å². The predicted octanol–water partition coefficient (Wildman–Crippen LogP) is 2.36. The van der Waals surface area contributed by atoms with Gasteiger partial charge in [-0.25, -0.2) is 4.79 Å². The first-order valence-corrected chi connectivity index (χ1v) is 4.26. The van der Waals surface area contributed by atoms with Crippen LogP contribution in [0.3, 0.4) is 0 Å². The summed E-state index contributed by atoms with van der Waals surface area (Å²) in [6.07, 6.45) is 0.948. The summed E-state index contributed by atoms with van der Waals surface area (Å²) >= 11 is 5.74. The summed E-state index contributed by atoms with van der Waals surface area (Å²) in [4.78, 5) is 10.3. The van der Waals surface area contributed by atoms with Crippen molar-refractivity contribution in [3.63, 3.8) is 0 Å². The van der Waals surface area contributed by atoms with E-state index in [9.17, 15) is 4.79 Å². The molecule has 0 bridgehead atoms. The quantitative estimate of drug-likeness (QED) is 0.783. The fourth-order valence-electron chi connectivity index (χ4n) is 0.942. The Morgan fingerprint density at radius 2 is 2.00 bits per heavy atom. The average Bonchev–Trinajstić information content (AvgIpc) is 2.17. The first kappa shape index (κ1) is 10.6. The van der Waals surface area contributed by atoms with Crippen LogP contribution in [0.4, 0.5) is 0 Å². The van der Waals surface area contributed by atoms with E-state index < -0.39 is 5.97 Å². The van der Waals surface area contributed by atoms with Gasteiger partial charge in [-0.05, 0) is 29.8 Å². The van der Waals surface area contributed by atoms with Gasteiger partial charge in [-0.1, -0.05) is 11.6 Å². The van der Waals surface area contributed by atoms with Crippen LogP contribution in [0.2, 0.25) is 0 Å². The zero-order chi connectivity index (χ0) is 10.6. The van der Waals surface area contributed by atoms with Crippen LogP contribution >= 0.6 is 11.6 Å². The number of methoxy groups -OCH3 is 1. The van der Waals surface area contributed by atoms with Crippen LogP contribution in [0.15, 0.2) is 30.3 Å². The van der Waals surface area contributed by atoms with Crippen molar-refractivity contribution in [2.75, 3.05) is 7.11 Å². The van der Waals surface area contributed by atoms with Crippen molar-refractivity contribution in [1.82, 2.24) is 0 Å². The molecule has 1 aromatic rings. The first-order chi connectivity index (χ1) is 6.63. The molecule has 0 aromatic heterocycles. The molecule has 4 heteroatoms. The molecule has 0 aliphatic rings. The summed E-state index contributed by atoms with van der Waals surface area (Å²) in [6.45, 7) is 0. The molecule has 0 radical (unpaired) electrons. The van der Waals surface area contributed by atoms with Crippen LogP contribution in [-0.2, 0) is 4.79 Å². The summed E-state index contributed by atoms with van der Waals surface area (Å²) in [5.41, 5.74) is 0.648. The van der Waals surface area contributed by atoms with Crippen LogP contribution in [0.1, 0.15) is 5.56 Å². The lowest BCUT2D eigenvalue weighted by atomic mass is 10.2. The molecule has 1 N–H and O–H groups in total. The van der Waals surface area contributed by atoms with Crippen LogP contribution < -0.4 is 4.74 Å². The standard InChI is InChI=1S/C10H9ClO3/c1-14-8-4-2-7(3-5-8)9(11)6-10(12)13/h2-6H,1H3,(H,12,13)/b9-6+. The molecule has 14 heavy (non-hydrogen) atoms. The van der Waals surface area contributed by atoms with Crippen molar-refractivity contribution < 1.29 is 14.6 Å². The topological polar surface area (TPSA) is 46.5 Å². The van der Waals surface area contributed by atoms with Crippen molar-refractivity contribution in [2.24, 2.45) is 0 Å². The van der Waals surface area contributed by atoms with Crippen LogP contribution in [0, 0.1) is 0 Å². The summed E-state index contributed by atoms with van der Waals surface area (Å²) in [6, 6.07) is 6.82. The smallest absolute Gasteiger partial charge is 0.329 e. The molecular formula is C10H9ClO3. The van der Waals surface area contributed by atoms with E-state index in [0.29, 0.717) is 11.3 Å². The van der Waals surface area contributed by atoms with Gasteiger partial charge in [0.05, 0.1) is 12.1 Å². The van der Waals surface area contributed by atoms with E-state index in [-0.39, 0.29) is 5.03 Å². The number of carbonyl (C=O) groups is 1. The van der Waals surface area contributed by atoms with Gasteiger partial charge in [0.1, 0.15) is 5.75 Å². The van der Waals surface area contributed by atoms with Crippen molar-refractivity contribution >= 4 is 22.6 Å². The molecule has 0 aliphatic carbocycles. The monoisotopic (exact) mass is 212 g/mol. The van der Waals surface area contributed by atoms with E-state index in [1.54, 1.807) is 31.4 Å². The van der Waals surface area contributed by atoms with Gasteiger partial charge in [0, 0.05) is 6.08 Å². The molecule has 3 nitrogen and oxygen atoms in total. The average molecular weight is 213 g/mol. The largest absolute Gasteiger partial charge is 0.497 e. The molecule has 0 heterocycles. The molecule has 0 spiro atoms. The minimum absolute atomic E-state index is 0.195. The number of carboxylic acid groups (broad SMARTS) is 1. The van der Waals surface area contributed by atoms with E-state index in [0.717, 1.165) is 6.08 Å². The summed E-state index contributed by atoms with van der Waals surface area (Å²) in [5.74, 6) is -0.362. The third kappa shape index (κ3) is 2.78. The third-order valence-corrected chi connectivity index (χ3v) is 1.94. The number of hydrogen-bond acceptors (Lipinski definition) is 2. The highest BCUT2D eigenvalue weighted by Crippen LogP contribution is 2.21. The Labute approximate surface area is 86.6 Å². The second-order valence-electron chi connectivity index (χ2n) is 2.56. The summed E-state index contributed by atoms with van der Waals surface area (Å²) < 4.78 is 4.95. The first-order valence-electron chi connectivity index (χ1n) is 3.88. The molecule has 0 atom stereocenters. The van der Waals surface area contributed by atoms with Crippen molar-refractivity contribution in [2.45, 2.75) is 0 Å². The number of aliphatic carboxylic acids is 1. The van der Waals surface area contributed by atoms with E-state index in [1.807, 2.05) is 0 Å². The van der Waals surface area contributed by atoms with E-state index >= 15 is 0 Å². The van der Waals surface area contributed by atoms with Gasteiger partial charge in [-0.2, -0.15) is 0 Å². The van der Waals surface area contributed by atoms with Crippen LogP contribution in [0.25, 0.3) is 5.03 Å². The molecule has 0 saturated carbocycles. The van der Waals surface area contributed by atoms with Gasteiger partial charge >= 0.3 is 5.97 Å². The van der Waals surface area contributed by atoms with Crippen LogP contribution in [-0.4, -0.2) is 18.2 Å². The lowest BCUT2D eigenvalue weighted by Crippen LogP contribution is -1.89. The number of ether oxygens (including phenoxy) is 1. The Morgan fingerprint density at radius 1 is 1.43 bits per heavy atom. The highest BCUT2D eigenvalue weighted by atomic mass is 35.5. The Hall–Kier alpha value is -1.48. The molecular weight excluding hydrogens is 204 g/mol. The second-order valence-corrected chi connectivity index (χ2v) is 2.97. The molecule has 1 aromatic carbocycles. The number of rotatable bonds is 3. The Bertz CT molecular complexity index is 354. The molecule has 0 saturated heterocycles. The Balaban J connectivity index is 2.92. The van der Waals surface area contributed by atoms with Crippen molar-refractivity contribution in [1.29, 1.82) is 0 Å². The number of benzene rings is 1. The molecule has 0 aliphatic heterocycles. The molecule has 0 amide bonds. The van der Waals surface area contributed by atoms with E-state index in [2.05, 4.69) is 0 Å². The summed E-state index contributed by atoms with van der Waals surface area (Å²) in [5, 5.41) is 8.66. The lowest BCUT2D eigenvalue weighted by molar-refractivity contribution is -0.131. The Morgan fingerprint density at radius 3 is 2.43 bits per heavy atom. The van der Waals surface area contributed by atoms with Gasteiger partial charge in [-0.15, -0.1) is 0 Å². The van der Waals surface area contributed by atoms with Gasteiger partial charge < -0.3 is 9.84 Å². The molecule has 0 unspecified atom stereocenters. The highest BCUT2D eigenvalue weighted by molar-refractivity contribution is 6.50. The van der Waals surface area contributed by atoms with Crippen LogP contribution in [0.5, 0.6) is 5.75 Å². The van der Waals surface area contributed by atoms with Gasteiger partial charge in [0.2, 0.25) is 0 Å². The maximum absolute atomic E-state index is 10.3. The highest BCUT2D eigenvalue weighted by Gasteiger charge is 2.00. The number of carboxylic acids is 1. The van der Waals surface area contributed by atoms with Gasteiger partial charge in [0.15, 0.2) is 0 Å². The third-order valence-electron chi connectivity index (χ3n) is 1.62. The van der Waals surface area contributed by atoms with Gasteiger partial charge in [0.25, 0.3) is 0 Å². The fourth-order valence-corrected chi connectivity index (χ4v) is 1.16. The summed E-state index contributed by atoms with van der Waals surface area (Å²) in [7, 11) is 1.56. The molecule has 1 rings (SSSR count). The fraction of sp³-hybridized carbons (Fsp3) is 0.100. The second kappa shape index (κ2) is 4.67. The maximum Gasteiger partial charge on any atom is 0.329 e. The minimum Gasteiger partial charge on any atom is -0.497 e. The van der Waals surface area contributed by atoms with Gasteiger partial charge in [-0.3, -0.25) is 0 Å². The van der Waals surface area contributed by atoms with Crippen molar-refractivity contribution in [3.05, 3.63) is 35.9 Å². The predicted molar refractivity (Wildman–Crippen MR) is 54.5 cm³/mol. The normalized spacial score (nSPS) is 11.1. The zero-order valence-electron chi connectivity index (χ0n) is 7.53. The molecule has 0 fully saturated rings.